The number of benzene rings is 2. The van der Waals surface area contributed by atoms with Gasteiger partial charge in [-0.2, -0.15) is 0 Å². The van der Waals surface area contributed by atoms with Crippen molar-refractivity contribution >= 4 is 11.2 Å². The zero-order chi connectivity index (χ0) is 16.5. The number of fused-ring (bicyclic) bond motifs is 1. The Balaban J connectivity index is 1.77. The number of rotatable bonds is 3. The summed E-state index contributed by atoms with van der Waals surface area (Å²) in [6.07, 6.45) is 1.57. The van der Waals surface area contributed by atoms with Gasteiger partial charge in [-0.1, -0.05) is 42.5 Å². The van der Waals surface area contributed by atoms with Crippen LogP contribution in [0.5, 0.6) is 0 Å². The number of halogens is 1. The van der Waals surface area contributed by atoms with Crippen molar-refractivity contribution in [2.75, 3.05) is 0 Å². The fourth-order valence-electron chi connectivity index (χ4n) is 2.63. The molecular formula is C18H13FN4O. The van der Waals surface area contributed by atoms with Gasteiger partial charge in [0.25, 0.3) is 5.56 Å². The molecule has 118 valence electrons. The molecule has 0 unspecified atom stereocenters. The van der Waals surface area contributed by atoms with E-state index in [9.17, 15) is 9.18 Å². The highest BCUT2D eigenvalue weighted by atomic mass is 19.1. The number of aromatic amines is 1. The van der Waals surface area contributed by atoms with Crippen LogP contribution in [0.3, 0.4) is 0 Å². The zero-order valence-electron chi connectivity index (χ0n) is 12.6. The molecule has 0 fully saturated rings. The molecule has 0 saturated heterocycles. The van der Waals surface area contributed by atoms with Crippen LogP contribution in [0, 0.1) is 5.82 Å². The molecule has 0 amide bonds. The van der Waals surface area contributed by atoms with Crippen molar-refractivity contribution in [3.8, 4) is 11.4 Å². The maximum Gasteiger partial charge on any atom is 0.277 e. The summed E-state index contributed by atoms with van der Waals surface area (Å²) in [7, 11) is 0. The van der Waals surface area contributed by atoms with Gasteiger partial charge < -0.3 is 9.55 Å². The van der Waals surface area contributed by atoms with Crippen molar-refractivity contribution in [2.45, 2.75) is 6.54 Å². The largest absolute Gasteiger partial charge is 0.320 e. The first kappa shape index (κ1) is 14.3. The average Bonchev–Trinajstić information content (AvgIpc) is 3.01. The Hall–Kier alpha value is -3.28. The highest BCUT2D eigenvalue weighted by Gasteiger charge is 2.11. The first-order valence-electron chi connectivity index (χ1n) is 7.46. The Kier molecular flexibility index (Phi) is 3.42. The smallest absolute Gasteiger partial charge is 0.277 e. The van der Waals surface area contributed by atoms with E-state index in [4.69, 9.17) is 0 Å². The van der Waals surface area contributed by atoms with Crippen LogP contribution < -0.4 is 5.56 Å². The van der Waals surface area contributed by atoms with Gasteiger partial charge in [0.2, 0.25) is 0 Å². The number of nitrogens with zero attached hydrogens (tertiary/aromatic N) is 3. The third-order valence-corrected chi connectivity index (χ3v) is 3.80. The molecule has 4 aromatic rings. The van der Waals surface area contributed by atoms with E-state index in [1.54, 1.807) is 23.0 Å². The summed E-state index contributed by atoms with van der Waals surface area (Å²) >= 11 is 0. The summed E-state index contributed by atoms with van der Waals surface area (Å²) in [6, 6.07) is 15.6. The molecule has 2 aromatic carbocycles. The molecule has 4 rings (SSSR count). The summed E-state index contributed by atoms with van der Waals surface area (Å²) in [5.74, 6) is 0.196. The minimum atomic E-state index is -0.291. The first-order chi connectivity index (χ1) is 11.7. The van der Waals surface area contributed by atoms with Crippen molar-refractivity contribution < 1.29 is 4.39 Å². The van der Waals surface area contributed by atoms with Crippen LogP contribution in [0.1, 0.15) is 5.56 Å². The van der Waals surface area contributed by atoms with E-state index in [1.807, 2.05) is 30.3 Å². The summed E-state index contributed by atoms with van der Waals surface area (Å²) in [6.45, 7) is 0.423. The minimum Gasteiger partial charge on any atom is -0.320 e. The number of aromatic nitrogens is 4. The monoisotopic (exact) mass is 320 g/mol. The van der Waals surface area contributed by atoms with Crippen molar-refractivity contribution in [3.05, 3.63) is 82.7 Å². The highest BCUT2D eigenvalue weighted by molar-refractivity contribution is 5.72. The first-order valence-corrected chi connectivity index (χ1v) is 7.46. The molecule has 0 atom stereocenters. The lowest BCUT2D eigenvalue weighted by atomic mass is 10.2. The van der Waals surface area contributed by atoms with Crippen LogP contribution in [-0.4, -0.2) is 19.5 Å². The van der Waals surface area contributed by atoms with Gasteiger partial charge >= 0.3 is 0 Å². The Morgan fingerprint density at radius 2 is 1.79 bits per heavy atom. The molecule has 0 aliphatic carbocycles. The summed E-state index contributed by atoms with van der Waals surface area (Å²) in [5, 5.41) is 0. The minimum absolute atomic E-state index is 0.251. The van der Waals surface area contributed by atoms with E-state index in [2.05, 4.69) is 15.0 Å². The van der Waals surface area contributed by atoms with Crippen LogP contribution in [0.4, 0.5) is 4.39 Å². The van der Waals surface area contributed by atoms with Crippen LogP contribution in [0.2, 0.25) is 0 Å². The number of imidazole rings is 1. The lowest BCUT2D eigenvalue weighted by molar-refractivity contribution is 0.626. The van der Waals surface area contributed by atoms with E-state index in [-0.39, 0.29) is 11.4 Å². The SMILES string of the molecule is O=c1[nH]c(-c2ccccc2)nc2ncn(Cc3ccc(F)cc3)c12. The Morgan fingerprint density at radius 1 is 1.04 bits per heavy atom. The fourth-order valence-corrected chi connectivity index (χ4v) is 2.63. The highest BCUT2D eigenvalue weighted by Crippen LogP contribution is 2.16. The quantitative estimate of drug-likeness (QED) is 0.631. The number of hydrogen-bond acceptors (Lipinski definition) is 3. The van der Waals surface area contributed by atoms with Gasteiger partial charge in [-0.15, -0.1) is 0 Å². The molecular weight excluding hydrogens is 307 g/mol. The lowest BCUT2D eigenvalue weighted by Gasteiger charge is -2.05. The van der Waals surface area contributed by atoms with E-state index in [1.165, 1.54) is 12.1 Å². The molecule has 5 nitrogen and oxygen atoms in total. The third kappa shape index (κ3) is 2.58. The summed E-state index contributed by atoms with van der Waals surface area (Å²) < 4.78 is 14.7. The van der Waals surface area contributed by atoms with Crippen LogP contribution in [-0.2, 0) is 6.54 Å². The number of H-pyrrole nitrogens is 1. The van der Waals surface area contributed by atoms with Crippen LogP contribution in [0.25, 0.3) is 22.6 Å². The number of nitrogens with one attached hydrogen (secondary N) is 1. The van der Waals surface area contributed by atoms with E-state index in [0.29, 0.717) is 23.5 Å². The molecule has 0 saturated carbocycles. The normalized spacial score (nSPS) is 11.0. The predicted molar refractivity (Wildman–Crippen MR) is 89.1 cm³/mol. The molecule has 0 spiro atoms. The number of hydrogen-bond donors (Lipinski definition) is 1. The van der Waals surface area contributed by atoms with Crippen molar-refractivity contribution in [3.63, 3.8) is 0 Å². The third-order valence-electron chi connectivity index (χ3n) is 3.80. The van der Waals surface area contributed by atoms with Crippen molar-refractivity contribution in [1.82, 2.24) is 19.5 Å². The molecule has 6 heteroatoms. The second-order valence-electron chi connectivity index (χ2n) is 5.45. The second kappa shape index (κ2) is 5.73. The van der Waals surface area contributed by atoms with Gasteiger partial charge in [0.15, 0.2) is 11.2 Å². The topological polar surface area (TPSA) is 63.6 Å². The van der Waals surface area contributed by atoms with Gasteiger partial charge in [0.1, 0.15) is 11.6 Å². The van der Waals surface area contributed by atoms with Gasteiger partial charge in [-0.05, 0) is 17.7 Å². The van der Waals surface area contributed by atoms with Gasteiger partial charge in [-0.25, -0.2) is 14.4 Å². The molecule has 0 bridgehead atoms. The lowest BCUT2D eigenvalue weighted by Crippen LogP contribution is -2.13. The van der Waals surface area contributed by atoms with E-state index >= 15 is 0 Å². The molecule has 2 heterocycles. The molecule has 0 aliphatic rings. The van der Waals surface area contributed by atoms with Crippen LogP contribution in [0.15, 0.2) is 65.7 Å². The van der Waals surface area contributed by atoms with Crippen LogP contribution >= 0.6 is 0 Å². The maximum atomic E-state index is 13.0. The average molecular weight is 320 g/mol. The zero-order valence-corrected chi connectivity index (χ0v) is 12.6. The predicted octanol–water partition coefficient (Wildman–Crippen LogP) is 2.97. The second-order valence-corrected chi connectivity index (χ2v) is 5.45. The van der Waals surface area contributed by atoms with Gasteiger partial charge in [0, 0.05) is 12.1 Å². The summed E-state index contributed by atoms with van der Waals surface area (Å²) in [5.41, 5.74) is 2.24. The van der Waals surface area contributed by atoms with Crippen molar-refractivity contribution in [1.29, 1.82) is 0 Å². The van der Waals surface area contributed by atoms with Crippen molar-refractivity contribution in [2.24, 2.45) is 0 Å². The van der Waals surface area contributed by atoms with Gasteiger partial charge in [-0.3, -0.25) is 4.79 Å². The summed E-state index contributed by atoms with van der Waals surface area (Å²) in [4.78, 5) is 24.0. The molecule has 24 heavy (non-hydrogen) atoms. The van der Waals surface area contributed by atoms with Gasteiger partial charge in [0.05, 0.1) is 6.33 Å². The van der Waals surface area contributed by atoms with E-state index in [0.717, 1.165) is 11.1 Å². The fraction of sp³-hybridized carbons (Fsp3) is 0.0556. The maximum absolute atomic E-state index is 13.0. The molecule has 2 aromatic heterocycles. The Morgan fingerprint density at radius 3 is 2.54 bits per heavy atom. The Labute approximate surface area is 136 Å². The molecule has 0 aliphatic heterocycles. The van der Waals surface area contributed by atoms with E-state index < -0.39 is 0 Å². The Bertz CT molecular complexity index is 1050. The molecule has 1 N–H and O–H groups in total. The standard InChI is InChI=1S/C18H13FN4O/c19-14-8-6-12(7-9-14)10-23-11-20-17-15(23)18(24)22-16(21-17)13-4-2-1-3-5-13/h1-9,11H,10H2,(H,21,22,24). The molecule has 0 radical (unpaired) electrons.